The van der Waals surface area contributed by atoms with E-state index >= 15 is 0 Å². The molecule has 2 bridgehead atoms. The van der Waals surface area contributed by atoms with Gasteiger partial charge in [-0.25, -0.2) is 9.97 Å². The smallest absolute Gasteiger partial charge is 0.229 e. The number of aromatic nitrogens is 3. The fourth-order valence-electron chi connectivity index (χ4n) is 5.33. The largest absolute Gasteiger partial charge is 0.373 e. The lowest BCUT2D eigenvalue weighted by Crippen LogP contribution is -2.58. The van der Waals surface area contributed by atoms with Crippen molar-refractivity contribution in [3.05, 3.63) is 53.7 Å². The highest BCUT2D eigenvalue weighted by atomic mass is 16.5. The predicted molar refractivity (Wildman–Crippen MR) is 138 cm³/mol. The average molecular weight is 484 g/mol. The van der Waals surface area contributed by atoms with Gasteiger partial charge in [0.2, 0.25) is 5.91 Å². The van der Waals surface area contributed by atoms with Gasteiger partial charge in [0.15, 0.2) is 0 Å². The number of carbonyl (C=O) groups excluding carboxylic acids is 1. The number of rotatable bonds is 4. The summed E-state index contributed by atoms with van der Waals surface area (Å²) >= 11 is 0. The highest BCUT2D eigenvalue weighted by Crippen LogP contribution is 2.47. The summed E-state index contributed by atoms with van der Waals surface area (Å²) in [6, 6.07) is 5.97. The van der Waals surface area contributed by atoms with E-state index in [1.54, 1.807) is 12.4 Å². The predicted octanol–water partition coefficient (Wildman–Crippen LogP) is 1.50. The van der Waals surface area contributed by atoms with Crippen molar-refractivity contribution in [2.75, 3.05) is 50.5 Å². The number of primary amides is 1. The lowest BCUT2D eigenvalue weighted by atomic mass is 9.98. The van der Waals surface area contributed by atoms with E-state index in [9.17, 15) is 4.79 Å². The molecule has 184 valence electrons. The quantitative estimate of drug-likeness (QED) is 0.538. The third-order valence-electron chi connectivity index (χ3n) is 7.42. The van der Waals surface area contributed by atoms with E-state index in [4.69, 9.17) is 10.5 Å². The van der Waals surface area contributed by atoms with Gasteiger partial charge >= 0.3 is 0 Å². The van der Waals surface area contributed by atoms with Crippen molar-refractivity contribution in [2.24, 2.45) is 5.73 Å². The Bertz CT molecular complexity index is 1370. The number of hydrogen-bond acceptors (Lipinski definition) is 8. The molecule has 0 radical (unpaired) electrons. The van der Waals surface area contributed by atoms with E-state index in [-0.39, 0.29) is 18.1 Å². The molecule has 3 N–H and O–H groups in total. The van der Waals surface area contributed by atoms with E-state index in [0.29, 0.717) is 17.2 Å². The maximum Gasteiger partial charge on any atom is 0.229 e. The van der Waals surface area contributed by atoms with Gasteiger partial charge in [-0.1, -0.05) is 5.92 Å². The van der Waals surface area contributed by atoms with Crippen molar-refractivity contribution >= 4 is 28.2 Å². The Labute approximate surface area is 210 Å². The number of carbonyl (C=O) groups is 1. The third-order valence-corrected chi connectivity index (χ3v) is 7.42. The Balaban J connectivity index is 1.28. The van der Waals surface area contributed by atoms with Crippen LogP contribution in [0.1, 0.15) is 29.8 Å². The lowest BCUT2D eigenvalue weighted by molar-refractivity contribution is -0.120. The number of likely N-dealkylation sites (N-methyl/N-ethyl adjacent to an activating group) is 1. The molecule has 36 heavy (non-hydrogen) atoms. The van der Waals surface area contributed by atoms with E-state index in [1.807, 2.05) is 25.4 Å². The Kier molecular flexibility index (Phi) is 5.51. The first-order valence-corrected chi connectivity index (χ1v) is 12.3. The molecular formula is C27H29N7O2. The molecule has 3 fully saturated rings. The van der Waals surface area contributed by atoms with Crippen LogP contribution < -0.4 is 16.0 Å². The average Bonchev–Trinajstić information content (AvgIpc) is 3.69. The fourth-order valence-corrected chi connectivity index (χ4v) is 5.33. The maximum absolute atomic E-state index is 12.1. The lowest BCUT2D eigenvalue weighted by Gasteiger charge is -2.45. The topological polar surface area (TPSA) is 110 Å². The summed E-state index contributed by atoms with van der Waals surface area (Å²) in [7, 11) is 3.97. The summed E-state index contributed by atoms with van der Waals surface area (Å²) < 4.78 is 6.09. The van der Waals surface area contributed by atoms with Gasteiger partial charge in [0, 0.05) is 56.4 Å². The number of anilines is 2. The maximum atomic E-state index is 12.1. The van der Waals surface area contributed by atoms with Crippen LogP contribution in [-0.4, -0.2) is 78.2 Å². The molecule has 5 heterocycles. The first-order valence-electron chi connectivity index (χ1n) is 12.3. The number of fused-ring (bicyclic) bond motifs is 3. The van der Waals surface area contributed by atoms with Crippen molar-refractivity contribution in [2.45, 2.75) is 30.5 Å². The van der Waals surface area contributed by atoms with Gasteiger partial charge in [0.05, 0.1) is 40.8 Å². The van der Waals surface area contributed by atoms with Gasteiger partial charge in [0.25, 0.3) is 0 Å². The van der Waals surface area contributed by atoms with Crippen LogP contribution >= 0.6 is 0 Å². The Morgan fingerprint density at radius 1 is 1.06 bits per heavy atom. The third kappa shape index (κ3) is 4.02. The van der Waals surface area contributed by atoms with Gasteiger partial charge in [-0.15, -0.1) is 0 Å². The minimum absolute atomic E-state index is 0.229. The van der Waals surface area contributed by atoms with Crippen molar-refractivity contribution in [3.63, 3.8) is 0 Å². The molecule has 1 amide bonds. The molecule has 3 aromatic heterocycles. The zero-order chi connectivity index (χ0) is 24.9. The number of nitrogens with zero attached hydrogens (tertiary/aromatic N) is 5. The molecule has 2 saturated heterocycles. The molecule has 0 aromatic carbocycles. The first kappa shape index (κ1) is 22.7. The summed E-state index contributed by atoms with van der Waals surface area (Å²) in [5, 5.41) is 4.84. The second kappa shape index (κ2) is 8.73. The highest BCUT2D eigenvalue weighted by molar-refractivity contribution is 5.97. The fraction of sp³-hybridized carbons (Fsp3) is 0.407. The van der Waals surface area contributed by atoms with Crippen LogP contribution in [0.3, 0.4) is 0 Å². The number of ether oxygens (including phenoxy) is 1. The summed E-state index contributed by atoms with van der Waals surface area (Å²) in [5.74, 6) is 6.80. The van der Waals surface area contributed by atoms with E-state index in [2.05, 4.69) is 55.0 Å². The molecule has 2 atom stereocenters. The number of morpholine rings is 2. The van der Waals surface area contributed by atoms with Crippen LogP contribution in [0.4, 0.5) is 11.5 Å². The Morgan fingerprint density at radius 3 is 2.47 bits per heavy atom. The van der Waals surface area contributed by atoms with Gasteiger partial charge in [-0.2, -0.15) is 0 Å². The number of nitrogens with two attached hydrogens (primary N) is 1. The van der Waals surface area contributed by atoms with Gasteiger partial charge in [-0.05, 0) is 44.0 Å². The normalized spacial score (nSPS) is 22.6. The van der Waals surface area contributed by atoms with Gasteiger partial charge < -0.3 is 25.6 Å². The molecule has 3 aromatic rings. The second-order valence-corrected chi connectivity index (χ2v) is 9.99. The molecule has 9 heteroatoms. The highest BCUT2D eigenvalue weighted by Gasteiger charge is 2.51. The summed E-state index contributed by atoms with van der Waals surface area (Å²) in [6.07, 6.45) is 7.29. The number of pyridine rings is 3. The van der Waals surface area contributed by atoms with E-state index < -0.39 is 5.41 Å². The van der Waals surface area contributed by atoms with Crippen LogP contribution in [0, 0.1) is 11.8 Å². The van der Waals surface area contributed by atoms with Crippen LogP contribution in [0.2, 0.25) is 0 Å². The number of hydrogen-bond donors (Lipinski definition) is 2. The van der Waals surface area contributed by atoms with Crippen molar-refractivity contribution in [1.29, 1.82) is 0 Å². The summed E-state index contributed by atoms with van der Waals surface area (Å²) in [5.41, 5.74) is 8.25. The van der Waals surface area contributed by atoms with Crippen molar-refractivity contribution < 1.29 is 9.53 Å². The minimum atomic E-state index is -0.660. The van der Waals surface area contributed by atoms with Crippen LogP contribution in [0.25, 0.3) is 10.8 Å². The molecule has 0 spiro atoms. The molecule has 6 rings (SSSR count). The molecule has 1 aliphatic carbocycles. The van der Waals surface area contributed by atoms with Gasteiger partial charge in [-0.3, -0.25) is 9.78 Å². The Morgan fingerprint density at radius 2 is 1.83 bits per heavy atom. The van der Waals surface area contributed by atoms with Crippen molar-refractivity contribution in [1.82, 2.24) is 19.9 Å². The Hall–Kier alpha value is -3.74. The number of nitrogens with one attached hydrogen (secondary N) is 1. The molecule has 1 saturated carbocycles. The molecule has 2 aliphatic heterocycles. The standard InChI is InChI=1S/C27H29N7O2/c1-29-25-23-12-31-24(27(7-8-27)26(28)35)9-22(23)17(10-32-25)3-4-18-5-6-19(11-30-18)34-15-20-13-33(2)14-21(16-34)36-20/h5-6,9-12,20-21H,7-8,13-16H2,1-2H3,(H2,28,35)(H,29,32). The zero-order valence-corrected chi connectivity index (χ0v) is 20.5. The molecule has 2 unspecified atom stereocenters. The zero-order valence-electron chi connectivity index (χ0n) is 20.5. The van der Waals surface area contributed by atoms with E-state index in [1.165, 1.54) is 0 Å². The van der Waals surface area contributed by atoms with Crippen molar-refractivity contribution in [3.8, 4) is 11.8 Å². The molecule has 9 nitrogen and oxygen atoms in total. The van der Waals surface area contributed by atoms with Crippen LogP contribution in [0.5, 0.6) is 0 Å². The van der Waals surface area contributed by atoms with E-state index in [0.717, 1.165) is 61.0 Å². The number of amides is 1. The molecule has 3 aliphatic rings. The van der Waals surface area contributed by atoms with Crippen LogP contribution in [-0.2, 0) is 14.9 Å². The minimum Gasteiger partial charge on any atom is -0.373 e. The first-order chi connectivity index (χ1) is 17.4. The monoisotopic (exact) mass is 483 g/mol. The van der Waals surface area contributed by atoms with Gasteiger partial charge in [0.1, 0.15) is 11.5 Å². The second-order valence-electron chi connectivity index (χ2n) is 9.99. The summed E-state index contributed by atoms with van der Waals surface area (Å²) in [4.78, 5) is 30.4. The summed E-state index contributed by atoms with van der Waals surface area (Å²) in [6.45, 7) is 3.64. The SMILES string of the molecule is CNc1ncc(C#Cc2ccc(N3CC4CN(C)CC(C3)O4)cn2)c2cc(C3(C(N)=O)CC3)ncc12. The molecular weight excluding hydrogens is 454 g/mol. The van der Waals surface area contributed by atoms with Crippen LogP contribution in [0.15, 0.2) is 36.8 Å².